The largest absolute Gasteiger partial charge is 0.368 e. The lowest BCUT2D eigenvalue weighted by Crippen LogP contribution is -2.47. The van der Waals surface area contributed by atoms with Crippen LogP contribution >= 0.6 is 0 Å². The summed E-state index contributed by atoms with van der Waals surface area (Å²) >= 11 is 0. The Hall–Kier alpha value is -2.63. The highest BCUT2D eigenvalue weighted by Crippen LogP contribution is 2.40. The van der Waals surface area contributed by atoms with Crippen molar-refractivity contribution < 1.29 is 4.39 Å². The summed E-state index contributed by atoms with van der Waals surface area (Å²) in [5.41, 5.74) is 3.37. The van der Waals surface area contributed by atoms with Gasteiger partial charge in [-0.3, -0.25) is 0 Å². The smallest absolute Gasteiger partial charge is 0.154 e. The van der Waals surface area contributed by atoms with E-state index in [9.17, 15) is 4.39 Å². The van der Waals surface area contributed by atoms with E-state index in [1.165, 1.54) is 30.7 Å². The molecule has 2 fully saturated rings. The van der Waals surface area contributed by atoms with E-state index in [0.29, 0.717) is 5.92 Å². The van der Waals surface area contributed by atoms with Gasteiger partial charge in [-0.2, -0.15) is 5.10 Å². The fourth-order valence-electron chi connectivity index (χ4n) is 3.58. The molecule has 5 rings (SSSR count). The maximum atomic E-state index is 13.1. The van der Waals surface area contributed by atoms with E-state index >= 15 is 0 Å². The second-order valence-electron chi connectivity index (χ2n) is 6.87. The van der Waals surface area contributed by atoms with Crippen LogP contribution in [-0.2, 0) is 0 Å². The second kappa shape index (κ2) is 5.72. The van der Waals surface area contributed by atoms with Gasteiger partial charge < -0.3 is 9.80 Å². The molecule has 2 aromatic heterocycles. The van der Waals surface area contributed by atoms with Crippen LogP contribution in [-0.4, -0.2) is 40.8 Å². The molecule has 0 atom stereocenters. The van der Waals surface area contributed by atoms with Gasteiger partial charge in [0, 0.05) is 50.2 Å². The summed E-state index contributed by atoms with van der Waals surface area (Å²) in [6.45, 7) is 3.60. The van der Waals surface area contributed by atoms with E-state index in [4.69, 9.17) is 5.10 Å². The quantitative estimate of drug-likeness (QED) is 0.736. The topological polar surface area (TPSA) is 36.7 Å². The van der Waals surface area contributed by atoms with E-state index in [-0.39, 0.29) is 5.82 Å². The molecule has 0 unspecified atom stereocenters. The average molecular weight is 337 g/mol. The van der Waals surface area contributed by atoms with Gasteiger partial charge in [-0.15, -0.1) is 0 Å². The van der Waals surface area contributed by atoms with Crippen LogP contribution in [0, 0.1) is 5.82 Å². The number of benzene rings is 1. The van der Waals surface area contributed by atoms with Crippen molar-refractivity contribution in [2.24, 2.45) is 0 Å². The number of piperazine rings is 1. The molecule has 3 heterocycles. The highest BCUT2D eigenvalue weighted by Gasteiger charge is 2.28. The average Bonchev–Trinajstić information content (AvgIpc) is 3.41. The Bertz CT molecular complexity index is 892. The van der Waals surface area contributed by atoms with Crippen molar-refractivity contribution in [2.75, 3.05) is 36.0 Å². The maximum absolute atomic E-state index is 13.1. The molecule has 0 bridgehead atoms. The first kappa shape index (κ1) is 14.7. The Labute approximate surface area is 145 Å². The first-order valence-corrected chi connectivity index (χ1v) is 8.88. The predicted molar refractivity (Wildman–Crippen MR) is 95.8 cm³/mol. The predicted octanol–water partition coefficient (Wildman–Crippen LogP) is 3.07. The minimum atomic E-state index is -0.189. The summed E-state index contributed by atoms with van der Waals surface area (Å²) in [5, 5.41) is 4.71. The molecule has 0 N–H and O–H groups in total. The van der Waals surface area contributed by atoms with E-state index < -0.39 is 0 Å². The van der Waals surface area contributed by atoms with E-state index in [1.807, 2.05) is 29.0 Å². The molecule has 0 spiro atoms. The summed E-state index contributed by atoms with van der Waals surface area (Å²) in [5.74, 6) is 1.47. The van der Waals surface area contributed by atoms with Crippen LogP contribution in [0.2, 0.25) is 0 Å². The summed E-state index contributed by atoms with van der Waals surface area (Å²) in [6.07, 6.45) is 6.27. The van der Waals surface area contributed by atoms with Gasteiger partial charge in [0.05, 0.1) is 5.69 Å². The molecule has 3 aromatic rings. The molecule has 1 aromatic carbocycles. The monoisotopic (exact) mass is 337 g/mol. The molecule has 1 saturated heterocycles. The van der Waals surface area contributed by atoms with Crippen LogP contribution in [0.1, 0.15) is 24.5 Å². The molecule has 1 aliphatic carbocycles. The summed E-state index contributed by atoms with van der Waals surface area (Å²) in [6, 6.07) is 8.95. The van der Waals surface area contributed by atoms with Crippen molar-refractivity contribution in [3.05, 3.63) is 54.2 Å². The van der Waals surface area contributed by atoms with Crippen molar-refractivity contribution in [3.8, 4) is 0 Å². The van der Waals surface area contributed by atoms with Crippen molar-refractivity contribution >= 4 is 17.0 Å². The maximum Gasteiger partial charge on any atom is 0.154 e. The van der Waals surface area contributed by atoms with Crippen LogP contribution in [0.5, 0.6) is 0 Å². The third-order valence-corrected chi connectivity index (χ3v) is 5.16. The Morgan fingerprint density at radius 3 is 2.40 bits per heavy atom. The number of hydrogen-bond acceptors (Lipinski definition) is 4. The number of hydrogen-bond donors (Lipinski definition) is 0. The highest BCUT2D eigenvalue weighted by atomic mass is 19.1. The molecular weight excluding hydrogens is 317 g/mol. The molecule has 1 saturated carbocycles. The lowest BCUT2D eigenvalue weighted by atomic mass is 10.2. The van der Waals surface area contributed by atoms with Gasteiger partial charge in [0.25, 0.3) is 0 Å². The van der Waals surface area contributed by atoms with Crippen LogP contribution in [0.3, 0.4) is 0 Å². The first-order valence-electron chi connectivity index (χ1n) is 8.88. The van der Waals surface area contributed by atoms with Gasteiger partial charge in [0.2, 0.25) is 0 Å². The molecular formula is C19H20FN5. The molecule has 1 aliphatic heterocycles. The summed E-state index contributed by atoms with van der Waals surface area (Å²) in [4.78, 5) is 9.25. The fourth-order valence-corrected chi connectivity index (χ4v) is 3.58. The van der Waals surface area contributed by atoms with Crippen molar-refractivity contribution in [3.63, 3.8) is 0 Å². The van der Waals surface area contributed by atoms with Gasteiger partial charge >= 0.3 is 0 Å². The Morgan fingerprint density at radius 2 is 1.68 bits per heavy atom. The number of aromatic nitrogens is 3. The summed E-state index contributed by atoms with van der Waals surface area (Å²) < 4.78 is 15.1. The standard InChI is InChI=1S/C19H20FN5/c20-15-3-5-16(6-4-15)23-9-11-24(12-10-23)19-18-13-17(14-1-2-14)22-25(18)8-7-21-19/h3-8,13-14H,1-2,9-12H2. The lowest BCUT2D eigenvalue weighted by Gasteiger charge is -2.36. The Kier molecular flexibility index (Phi) is 3.36. The normalized spacial score (nSPS) is 18.1. The van der Waals surface area contributed by atoms with Crippen molar-refractivity contribution in [1.82, 2.24) is 14.6 Å². The highest BCUT2D eigenvalue weighted by molar-refractivity contribution is 5.70. The van der Waals surface area contributed by atoms with Crippen LogP contribution < -0.4 is 9.80 Å². The zero-order chi connectivity index (χ0) is 16.8. The van der Waals surface area contributed by atoms with Crippen LogP contribution in [0.15, 0.2) is 42.7 Å². The van der Waals surface area contributed by atoms with Gasteiger partial charge in [-0.05, 0) is 43.2 Å². The number of fused-ring (bicyclic) bond motifs is 1. The summed E-state index contributed by atoms with van der Waals surface area (Å²) in [7, 11) is 0. The number of anilines is 2. The molecule has 0 amide bonds. The molecule has 6 heteroatoms. The number of halogens is 1. The molecule has 25 heavy (non-hydrogen) atoms. The molecule has 5 nitrogen and oxygen atoms in total. The third-order valence-electron chi connectivity index (χ3n) is 5.16. The Morgan fingerprint density at radius 1 is 0.960 bits per heavy atom. The number of nitrogens with zero attached hydrogens (tertiary/aromatic N) is 5. The Balaban J connectivity index is 1.36. The van der Waals surface area contributed by atoms with Gasteiger partial charge in [-0.25, -0.2) is 13.9 Å². The third kappa shape index (κ3) is 2.71. The second-order valence-corrected chi connectivity index (χ2v) is 6.87. The fraction of sp³-hybridized carbons (Fsp3) is 0.368. The molecule has 0 radical (unpaired) electrons. The van der Waals surface area contributed by atoms with Crippen molar-refractivity contribution in [2.45, 2.75) is 18.8 Å². The van der Waals surface area contributed by atoms with E-state index in [0.717, 1.165) is 43.2 Å². The van der Waals surface area contributed by atoms with Gasteiger partial charge in [-0.1, -0.05) is 0 Å². The minimum Gasteiger partial charge on any atom is -0.368 e. The van der Waals surface area contributed by atoms with E-state index in [2.05, 4.69) is 20.9 Å². The van der Waals surface area contributed by atoms with Gasteiger partial charge in [0.15, 0.2) is 5.82 Å². The molecule has 2 aliphatic rings. The zero-order valence-electron chi connectivity index (χ0n) is 14.0. The van der Waals surface area contributed by atoms with E-state index in [1.54, 1.807) is 0 Å². The number of rotatable bonds is 3. The SMILES string of the molecule is Fc1ccc(N2CCN(c3nccn4nc(C5CC5)cc34)CC2)cc1. The zero-order valence-corrected chi connectivity index (χ0v) is 14.0. The first-order chi connectivity index (χ1) is 12.3. The van der Waals surface area contributed by atoms with Crippen LogP contribution in [0.4, 0.5) is 15.9 Å². The minimum absolute atomic E-state index is 0.189. The lowest BCUT2D eigenvalue weighted by molar-refractivity contribution is 0.624. The van der Waals surface area contributed by atoms with Crippen LogP contribution in [0.25, 0.3) is 5.52 Å². The molecule has 128 valence electrons. The van der Waals surface area contributed by atoms with Gasteiger partial charge in [0.1, 0.15) is 11.3 Å². The van der Waals surface area contributed by atoms with Crippen molar-refractivity contribution in [1.29, 1.82) is 0 Å².